The zero-order valence-electron chi connectivity index (χ0n) is 24.3. The number of allylic oxidation sites excluding steroid dienone is 1. The van der Waals surface area contributed by atoms with E-state index in [0.29, 0.717) is 23.3 Å². The summed E-state index contributed by atoms with van der Waals surface area (Å²) in [5, 5.41) is 12.1. The van der Waals surface area contributed by atoms with Crippen molar-refractivity contribution in [2.24, 2.45) is 0 Å². The molecule has 1 aliphatic rings. The molecule has 7 nitrogen and oxygen atoms in total. The van der Waals surface area contributed by atoms with Gasteiger partial charge in [-0.3, -0.25) is 4.79 Å². The van der Waals surface area contributed by atoms with Crippen LogP contribution in [0.1, 0.15) is 60.5 Å². The van der Waals surface area contributed by atoms with Crippen molar-refractivity contribution >= 4 is 29.3 Å². The lowest BCUT2D eigenvalue weighted by molar-refractivity contribution is -0.113. The van der Waals surface area contributed by atoms with E-state index in [9.17, 15) is 4.79 Å². The van der Waals surface area contributed by atoms with Crippen molar-refractivity contribution in [1.82, 2.24) is 14.8 Å². The number of aromatic nitrogens is 3. The van der Waals surface area contributed by atoms with Crippen LogP contribution in [-0.4, -0.2) is 26.4 Å². The topological polar surface area (TPSA) is 81.1 Å². The number of anilines is 2. The smallest absolute Gasteiger partial charge is 0.255 e. The molecule has 1 aliphatic heterocycles. The fourth-order valence-electron chi connectivity index (χ4n) is 4.80. The number of fused-ring (bicyclic) bond motifs is 1. The molecule has 3 aromatic carbocycles. The molecule has 0 spiro atoms. The van der Waals surface area contributed by atoms with Crippen LogP contribution >= 0.6 is 11.8 Å². The summed E-state index contributed by atoms with van der Waals surface area (Å²) in [4.78, 5) is 18.7. The molecular formula is C33H37N5O2S. The summed E-state index contributed by atoms with van der Waals surface area (Å²) in [6.45, 7) is 10.7. The Morgan fingerprint density at radius 2 is 1.83 bits per heavy atom. The van der Waals surface area contributed by atoms with E-state index in [-0.39, 0.29) is 5.91 Å². The minimum Gasteiger partial charge on any atom is -0.489 e. The molecule has 5 rings (SSSR count). The molecule has 0 saturated heterocycles. The SMILES string of the molecule is CCCCSc1nc2n(n1)C(c1cccc(OCc3ccc(C)cc3)c1)C(C(=O)Nc1cccc(C)c1C)=C(C)N2. The Balaban J connectivity index is 1.49. The highest BCUT2D eigenvalue weighted by molar-refractivity contribution is 7.99. The van der Waals surface area contributed by atoms with Crippen molar-refractivity contribution in [2.75, 3.05) is 16.4 Å². The number of nitrogens with zero attached hydrogens (tertiary/aromatic N) is 3. The molecule has 212 valence electrons. The Morgan fingerprint density at radius 1 is 1.05 bits per heavy atom. The molecular weight excluding hydrogens is 530 g/mol. The minimum absolute atomic E-state index is 0.180. The van der Waals surface area contributed by atoms with Gasteiger partial charge in [-0.1, -0.05) is 79.2 Å². The van der Waals surface area contributed by atoms with Crippen LogP contribution in [0.15, 0.2) is 83.2 Å². The Labute approximate surface area is 246 Å². The third-order valence-electron chi connectivity index (χ3n) is 7.36. The summed E-state index contributed by atoms with van der Waals surface area (Å²) >= 11 is 1.64. The summed E-state index contributed by atoms with van der Waals surface area (Å²) in [6, 6.07) is 21.7. The second-order valence-electron chi connectivity index (χ2n) is 10.5. The first-order valence-electron chi connectivity index (χ1n) is 14.1. The number of ether oxygens (including phenoxy) is 1. The van der Waals surface area contributed by atoms with E-state index >= 15 is 0 Å². The van der Waals surface area contributed by atoms with Gasteiger partial charge in [0.15, 0.2) is 0 Å². The van der Waals surface area contributed by atoms with Gasteiger partial charge in [0.1, 0.15) is 18.4 Å². The predicted molar refractivity (Wildman–Crippen MR) is 167 cm³/mol. The number of unbranched alkanes of at least 4 members (excludes halogenated alkanes) is 1. The van der Waals surface area contributed by atoms with Crippen LogP contribution in [0.2, 0.25) is 0 Å². The summed E-state index contributed by atoms with van der Waals surface area (Å²) in [7, 11) is 0. The van der Waals surface area contributed by atoms with Gasteiger partial charge in [-0.2, -0.15) is 4.98 Å². The van der Waals surface area contributed by atoms with Crippen molar-refractivity contribution in [2.45, 2.75) is 65.3 Å². The van der Waals surface area contributed by atoms with Gasteiger partial charge in [0, 0.05) is 17.1 Å². The van der Waals surface area contributed by atoms with Gasteiger partial charge in [0.25, 0.3) is 5.91 Å². The molecule has 8 heteroatoms. The molecule has 1 aromatic heterocycles. The highest BCUT2D eigenvalue weighted by Gasteiger charge is 2.35. The molecule has 1 unspecified atom stereocenters. The largest absolute Gasteiger partial charge is 0.489 e. The van der Waals surface area contributed by atoms with E-state index in [4.69, 9.17) is 14.8 Å². The van der Waals surface area contributed by atoms with Gasteiger partial charge in [0.05, 0.1) is 5.57 Å². The van der Waals surface area contributed by atoms with E-state index in [1.165, 1.54) is 5.56 Å². The number of carbonyl (C=O) groups excluding carboxylic acids is 1. The molecule has 4 aromatic rings. The number of hydrogen-bond acceptors (Lipinski definition) is 6. The summed E-state index contributed by atoms with van der Waals surface area (Å²) in [5.74, 6) is 2.12. The second-order valence-corrected chi connectivity index (χ2v) is 11.5. The molecule has 41 heavy (non-hydrogen) atoms. The molecule has 1 atom stereocenters. The van der Waals surface area contributed by atoms with Crippen LogP contribution in [0.5, 0.6) is 5.75 Å². The van der Waals surface area contributed by atoms with E-state index < -0.39 is 6.04 Å². The third kappa shape index (κ3) is 6.49. The normalized spacial score (nSPS) is 14.4. The van der Waals surface area contributed by atoms with Gasteiger partial charge >= 0.3 is 0 Å². The maximum atomic E-state index is 14.0. The number of carbonyl (C=O) groups is 1. The molecule has 1 amide bonds. The standard InChI is InChI=1S/C33H37N5O2S/c1-6-7-18-41-33-36-32-34-24(5)29(31(39)35-28-13-8-10-22(3)23(28)4)30(38(32)37-33)26-11-9-12-27(19-26)40-20-25-16-14-21(2)15-17-25/h8-17,19,30H,6-7,18,20H2,1-5H3,(H,35,39)(H,34,36,37). The predicted octanol–water partition coefficient (Wildman–Crippen LogP) is 7.60. The Hall–Kier alpha value is -4.04. The zero-order chi connectivity index (χ0) is 28.9. The summed E-state index contributed by atoms with van der Waals surface area (Å²) in [6.07, 6.45) is 2.20. The number of benzene rings is 3. The van der Waals surface area contributed by atoms with Crippen LogP contribution in [0.3, 0.4) is 0 Å². The summed E-state index contributed by atoms with van der Waals surface area (Å²) in [5.41, 5.74) is 7.50. The molecule has 0 bridgehead atoms. The first-order chi connectivity index (χ1) is 19.8. The van der Waals surface area contributed by atoms with Crippen molar-refractivity contribution in [3.63, 3.8) is 0 Å². The average Bonchev–Trinajstić information content (AvgIpc) is 3.36. The Morgan fingerprint density at radius 3 is 2.61 bits per heavy atom. The molecule has 0 fully saturated rings. The van der Waals surface area contributed by atoms with Crippen molar-refractivity contribution in [3.8, 4) is 5.75 Å². The maximum absolute atomic E-state index is 14.0. The van der Waals surface area contributed by atoms with Gasteiger partial charge in [-0.05, 0) is 74.6 Å². The number of amides is 1. The van der Waals surface area contributed by atoms with Crippen molar-refractivity contribution in [1.29, 1.82) is 0 Å². The van der Waals surface area contributed by atoms with Crippen LogP contribution in [0, 0.1) is 20.8 Å². The van der Waals surface area contributed by atoms with Gasteiger partial charge in [-0.25, -0.2) is 4.68 Å². The van der Waals surface area contributed by atoms with E-state index in [0.717, 1.165) is 58.0 Å². The number of thioether (sulfide) groups is 1. The highest BCUT2D eigenvalue weighted by Crippen LogP contribution is 2.38. The number of nitrogens with one attached hydrogen (secondary N) is 2. The lowest BCUT2D eigenvalue weighted by Crippen LogP contribution is -2.31. The first kappa shape index (κ1) is 28.5. The lowest BCUT2D eigenvalue weighted by atomic mass is 9.94. The highest BCUT2D eigenvalue weighted by atomic mass is 32.2. The van der Waals surface area contributed by atoms with Gasteiger partial charge < -0.3 is 15.4 Å². The van der Waals surface area contributed by atoms with E-state index in [2.05, 4.69) is 48.7 Å². The van der Waals surface area contributed by atoms with Crippen LogP contribution in [-0.2, 0) is 11.4 Å². The van der Waals surface area contributed by atoms with E-state index in [1.807, 2.05) is 67.9 Å². The van der Waals surface area contributed by atoms with E-state index in [1.54, 1.807) is 11.8 Å². The quantitative estimate of drug-likeness (QED) is 0.152. The third-order valence-corrected chi connectivity index (χ3v) is 8.28. The zero-order valence-corrected chi connectivity index (χ0v) is 25.1. The van der Waals surface area contributed by atoms with Gasteiger partial charge in [0.2, 0.25) is 11.1 Å². The Kier molecular flexibility index (Phi) is 8.78. The van der Waals surface area contributed by atoms with Gasteiger partial charge in [-0.15, -0.1) is 5.10 Å². The first-order valence-corrected chi connectivity index (χ1v) is 15.1. The fraction of sp³-hybridized carbons (Fsp3) is 0.303. The number of aryl methyl sites for hydroxylation is 2. The monoisotopic (exact) mass is 567 g/mol. The molecule has 2 N–H and O–H groups in total. The molecule has 0 aliphatic carbocycles. The molecule has 0 saturated carbocycles. The van der Waals surface area contributed by atoms with Crippen LogP contribution in [0.25, 0.3) is 0 Å². The average molecular weight is 568 g/mol. The Bertz CT molecular complexity index is 1570. The van der Waals surface area contributed by atoms with Crippen LogP contribution < -0.4 is 15.4 Å². The number of hydrogen-bond donors (Lipinski definition) is 2. The lowest BCUT2D eigenvalue weighted by Gasteiger charge is -2.29. The molecule has 0 radical (unpaired) electrons. The van der Waals surface area contributed by atoms with Crippen LogP contribution in [0.4, 0.5) is 11.6 Å². The number of rotatable bonds is 10. The maximum Gasteiger partial charge on any atom is 0.255 e. The fourth-order valence-corrected chi connectivity index (χ4v) is 5.72. The second kappa shape index (κ2) is 12.6. The van der Waals surface area contributed by atoms with Crippen molar-refractivity contribution in [3.05, 3.63) is 106 Å². The summed E-state index contributed by atoms with van der Waals surface area (Å²) < 4.78 is 8.02. The van der Waals surface area contributed by atoms with Crippen molar-refractivity contribution < 1.29 is 9.53 Å². The molecule has 2 heterocycles. The minimum atomic E-state index is -0.479.